The number of hydrogen-bond acceptors (Lipinski definition) is 6. The molecule has 31 heavy (non-hydrogen) atoms. The Bertz CT molecular complexity index is 866. The molecule has 9 heteroatoms. The first-order chi connectivity index (χ1) is 14.8. The lowest BCUT2D eigenvalue weighted by molar-refractivity contribution is -0.151. The maximum absolute atomic E-state index is 13.3. The van der Waals surface area contributed by atoms with E-state index in [1.165, 1.54) is 4.31 Å². The number of rotatable bonds is 9. The van der Waals surface area contributed by atoms with E-state index in [0.29, 0.717) is 38.8 Å². The minimum atomic E-state index is -3.31. The first kappa shape index (κ1) is 23.7. The van der Waals surface area contributed by atoms with Crippen LogP contribution in [0, 0.1) is 0 Å². The summed E-state index contributed by atoms with van der Waals surface area (Å²) in [5, 5.41) is 3.46. The lowest BCUT2D eigenvalue weighted by Crippen LogP contribution is -2.60. The monoisotopic (exact) mass is 451 g/mol. The molecule has 2 fully saturated rings. The zero-order chi connectivity index (χ0) is 22.5. The van der Waals surface area contributed by atoms with Gasteiger partial charge in [-0.2, -0.15) is 0 Å². The van der Waals surface area contributed by atoms with Crippen molar-refractivity contribution in [2.45, 2.75) is 57.7 Å². The summed E-state index contributed by atoms with van der Waals surface area (Å²) in [7, 11) is -3.31. The van der Waals surface area contributed by atoms with Crippen LogP contribution < -0.4 is 5.32 Å². The van der Waals surface area contributed by atoms with Gasteiger partial charge in [-0.25, -0.2) is 12.7 Å². The van der Waals surface area contributed by atoms with Crippen LogP contribution in [-0.4, -0.2) is 73.2 Å². The number of piperidine rings is 1. The SMILES string of the molecule is CCCCS(=O)(=O)N1CCC2(CC1)NC(Cc1ccccc1)C(=O)N2CC(=O)OCC. The first-order valence-electron chi connectivity index (χ1n) is 11.1. The van der Waals surface area contributed by atoms with Gasteiger partial charge in [-0.1, -0.05) is 43.7 Å². The average molecular weight is 452 g/mol. The molecule has 1 aromatic carbocycles. The van der Waals surface area contributed by atoms with Crippen molar-refractivity contribution in [1.82, 2.24) is 14.5 Å². The summed E-state index contributed by atoms with van der Waals surface area (Å²) in [5.74, 6) is -0.443. The van der Waals surface area contributed by atoms with Crippen LogP contribution >= 0.6 is 0 Å². The fraction of sp³-hybridized carbons (Fsp3) is 0.636. The van der Waals surface area contributed by atoms with Gasteiger partial charge in [0.2, 0.25) is 15.9 Å². The number of esters is 1. The summed E-state index contributed by atoms with van der Waals surface area (Å²) in [5.41, 5.74) is 0.293. The summed E-state index contributed by atoms with van der Waals surface area (Å²) >= 11 is 0. The third-order valence-corrected chi connectivity index (χ3v) is 8.05. The van der Waals surface area contributed by atoms with E-state index >= 15 is 0 Å². The molecule has 172 valence electrons. The summed E-state index contributed by atoms with van der Waals surface area (Å²) in [6.45, 7) is 4.46. The normalized spacial score (nSPS) is 21.5. The molecule has 1 N–H and O–H groups in total. The number of carbonyl (C=O) groups is 2. The number of ether oxygens (including phenoxy) is 1. The van der Waals surface area contributed by atoms with E-state index in [9.17, 15) is 18.0 Å². The third-order valence-electron chi connectivity index (χ3n) is 6.10. The molecule has 1 spiro atoms. The van der Waals surface area contributed by atoms with Gasteiger partial charge in [0.15, 0.2) is 0 Å². The van der Waals surface area contributed by atoms with Crippen LogP contribution in [0.4, 0.5) is 0 Å². The molecule has 2 heterocycles. The summed E-state index contributed by atoms with van der Waals surface area (Å²) < 4.78 is 31.8. The van der Waals surface area contributed by atoms with Crippen molar-refractivity contribution in [2.24, 2.45) is 0 Å². The van der Waals surface area contributed by atoms with E-state index in [1.807, 2.05) is 37.3 Å². The fourth-order valence-electron chi connectivity index (χ4n) is 4.42. The highest BCUT2D eigenvalue weighted by molar-refractivity contribution is 7.89. The van der Waals surface area contributed by atoms with Gasteiger partial charge in [0.05, 0.1) is 24.1 Å². The largest absolute Gasteiger partial charge is 0.465 e. The van der Waals surface area contributed by atoms with Gasteiger partial charge in [0.25, 0.3) is 0 Å². The molecule has 2 aliphatic rings. The maximum Gasteiger partial charge on any atom is 0.325 e. The van der Waals surface area contributed by atoms with Crippen molar-refractivity contribution in [3.8, 4) is 0 Å². The van der Waals surface area contributed by atoms with Crippen LogP contribution in [0.25, 0.3) is 0 Å². The highest BCUT2D eigenvalue weighted by atomic mass is 32.2. The number of nitrogens with zero attached hydrogens (tertiary/aromatic N) is 2. The molecule has 2 saturated heterocycles. The highest BCUT2D eigenvalue weighted by Crippen LogP contribution is 2.34. The first-order valence-corrected chi connectivity index (χ1v) is 12.7. The van der Waals surface area contributed by atoms with Gasteiger partial charge >= 0.3 is 5.97 Å². The Labute approximate surface area is 185 Å². The fourth-order valence-corrected chi connectivity index (χ4v) is 6.07. The zero-order valence-electron chi connectivity index (χ0n) is 18.4. The smallest absolute Gasteiger partial charge is 0.325 e. The number of unbranched alkanes of at least 4 members (excludes halogenated alkanes) is 1. The van der Waals surface area contributed by atoms with Crippen molar-refractivity contribution >= 4 is 21.9 Å². The van der Waals surface area contributed by atoms with E-state index in [4.69, 9.17) is 4.74 Å². The van der Waals surface area contributed by atoms with Crippen LogP contribution in [0.1, 0.15) is 45.1 Å². The lowest BCUT2D eigenvalue weighted by Gasteiger charge is -2.43. The number of carbonyl (C=O) groups excluding carboxylic acids is 2. The minimum Gasteiger partial charge on any atom is -0.465 e. The summed E-state index contributed by atoms with van der Waals surface area (Å²) in [6, 6.07) is 9.27. The Morgan fingerprint density at radius 2 is 1.87 bits per heavy atom. The van der Waals surface area contributed by atoms with Gasteiger partial charge in [-0.05, 0) is 38.2 Å². The van der Waals surface area contributed by atoms with Gasteiger partial charge in [-0.15, -0.1) is 0 Å². The van der Waals surface area contributed by atoms with Gasteiger partial charge < -0.3 is 9.64 Å². The Morgan fingerprint density at radius 1 is 1.19 bits per heavy atom. The van der Waals surface area contributed by atoms with Crippen molar-refractivity contribution in [3.63, 3.8) is 0 Å². The van der Waals surface area contributed by atoms with Gasteiger partial charge in [0, 0.05) is 13.1 Å². The second-order valence-corrected chi connectivity index (χ2v) is 10.3. The molecule has 0 bridgehead atoms. The number of amides is 1. The Balaban J connectivity index is 1.77. The molecule has 0 aromatic heterocycles. The quantitative estimate of drug-likeness (QED) is 0.572. The Morgan fingerprint density at radius 3 is 2.48 bits per heavy atom. The molecule has 1 aromatic rings. The molecule has 0 aliphatic carbocycles. The average Bonchev–Trinajstić information content (AvgIpc) is 2.99. The van der Waals surface area contributed by atoms with Gasteiger partial charge in [-0.3, -0.25) is 14.9 Å². The summed E-state index contributed by atoms with van der Waals surface area (Å²) in [4.78, 5) is 27.1. The van der Waals surface area contributed by atoms with Crippen LogP contribution in [0.3, 0.4) is 0 Å². The number of benzene rings is 1. The molecule has 3 rings (SSSR count). The second-order valence-electron chi connectivity index (χ2n) is 8.22. The topological polar surface area (TPSA) is 96.0 Å². The molecular formula is C22H33N3O5S. The van der Waals surface area contributed by atoms with Gasteiger partial charge in [0.1, 0.15) is 6.54 Å². The van der Waals surface area contributed by atoms with Crippen molar-refractivity contribution < 1.29 is 22.7 Å². The predicted octanol–water partition coefficient (Wildman–Crippen LogP) is 1.51. The standard InChI is InChI=1S/C22H33N3O5S/c1-3-5-15-31(28,29)24-13-11-22(12-14-24)23-19(16-18-9-7-6-8-10-18)21(27)25(22)17-20(26)30-4-2/h6-10,19,23H,3-5,11-17H2,1-2H3. The molecule has 0 saturated carbocycles. The van der Waals surface area contributed by atoms with E-state index in [2.05, 4.69) is 5.32 Å². The molecule has 1 unspecified atom stereocenters. The highest BCUT2D eigenvalue weighted by Gasteiger charge is 2.52. The van der Waals surface area contributed by atoms with Crippen molar-refractivity contribution in [1.29, 1.82) is 0 Å². The molecule has 1 atom stereocenters. The van der Waals surface area contributed by atoms with E-state index in [0.717, 1.165) is 12.0 Å². The van der Waals surface area contributed by atoms with Crippen LogP contribution in [0.2, 0.25) is 0 Å². The molecule has 8 nitrogen and oxygen atoms in total. The van der Waals surface area contributed by atoms with Crippen LogP contribution in [0.15, 0.2) is 30.3 Å². The van der Waals surface area contributed by atoms with Crippen LogP contribution in [-0.2, 0) is 30.8 Å². The molecule has 1 amide bonds. The van der Waals surface area contributed by atoms with E-state index in [1.54, 1.807) is 11.8 Å². The minimum absolute atomic E-state index is 0.131. The third kappa shape index (κ3) is 5.45. The van der Waals surface area contributed by atoms with Crippen LogP contribution in [0.5, 0.6) is 0 Å². The van der Waals surface area contributed by atoms with E-state index < -0.39 is 27.7 Å². The lowest BCUT2D eigenvalue weighted by atomic mass is 9.97. The number of sulfonamides is 1. The number of hydrogen-bond donors (Lipinski definition) is 1. The molecule has 2 aliphatic heterocycles. The Kier molecular flexibility index (Phi) is 7.72. The second kappa shape index (κ2) is 10.1. The van der Waals surface area contributed by atoms with E-state index in [-0.39, 0.29) is 24.8 Å². The maximum atomic E-state index is 13.3. The van der Waals surface area contributed by atoms with Crippen molar-refractivity contribution in [3.05, 3.63) is 35.9 Å². The molecule has 0 radical (unpaired) electrons. The summed E-state index contributed by atoms with van der Waals surface area (Å²) in [6.07, 6.45) is 2.85. The predicted molar refractivity (Wildman–Crippen MR) is 118 cm³/mol. The number of nitrogens with one attached hydrogen (secondary N) is 1. The Hall–Kier alpha value is -1.97. The zero-order valence-corrected chi connectivity index (χ0v) is 19.2. The molecular weight excluding hydrogens is 418 g/mol. The van der Waals surface area contributed by atoms with Crippen molar-refractivity contribution in [2.75, 3.05) is 32.0 Å².